The zero-order chi connectivity index (χ0) is 15.7. The van der Waals surface area contributed by atoms with Gasteiger partial charge in [0.25, 0.3) is 0 Å². The number of anilines is 1. The van der Waals surface area contributed by atoms with Crippen molar-refractivity contribution in [3.63, 3.8) is 0 Å². The first-order chi connectivity index (χ1) is 9.87. The van der Waals surface area contributed by atoms with Crippen LogP contribution in [0.2, 0.25) is 0 Å². The molecule has 0 spiro atoms. The summed E-state index contributed by atoms with van der Waals surface area (Å²) in [6.45, 7) is 6.33. The molecule has 6 nitrogen and oxygen atoms in total. The zero-order valence-electron chi connectivity index (χ0n) is 12.7. The van der Waals surface area contributed by atoms with Crippen LogP contribution in [-0.4, -0.2) is 30.8 Å². The van der Waals surface area contributed by atoms with Gasteiger partial charge in [0.2, 0.25) is 0 Å². The summed E-state index contributed by atoms with van der Waals surface area (Å²) >= 11 is 0. The van der Waals surface area contributed by atoms with Crippen LogP contribution in [-0.2, 0) is 4.74 Å². The summed E-state index contributed by atoms with van der Waals surface area (Å²) < 4.78 is 5.09. The third-order valence-electron chi connectivity index (χ3n) is 2.34. The molecule has 0 fully saturated rings. The van der Waals surface area contributed by atoms with Gasteiger partial charge in [0.15, 0.2) is 0 Å². The minimum atomic E-state index is -0.502. The van der Waals surface area contributed by atoms with Crippen molar-refractivity contribution in [2.45, 2.75) is 32.8 Å². The zero-order valence-corrected chi connectivity index (χ0v) is 12.7. The lowest BCUT2D eigenvalue weighted by atomic mass is 10.2. The van der Waals surface area contributed by atoms with E-state index in [9.17, 15) is 9.59 Å². The van der Waals surface area contributed by atoms with Crippen molar-refractivity contribution in [2.75, 3.05) is 18.4 Å². The minimum Gasteiger partial charge on any atom is -0.444 e. The van der Waals surface area contributed by atoms with Gasteiger partial charge in [-0.25, -0.2) is 9.59 Å². The third kappa shape index (κ3) is 8.52. The maximum Gasteiger partial charge on any atom is 0.407 e. The van der Waals surface area contributed by atoms with E-state index >= 15 is 0 Å². The number of alkyl carbamates (subject to hydrolysis) is 1. The molecule has 0 atom stereocenters. The van der Waals surface area contributed by atoms with Crippen molar-refractivity contribution in [3.05, 3.63) is 30.3 Å². The molecule has 0 aromatic heterocycles. The fraction of sp³-hybridized carbons (Fsp3) is 0.467. The largest absolute Gasteiger partial charge is 0.444 e. The fourth-order valence-corrected chi connectivity index (χ4v) is 1.49. The molecular weight excluding hydrogens is 270 g/mol. The molecular formula is C15H23N3O3. The van der Waals surface area contributed by atoms with Gasteiger partial charge in [-0.1, -0.05) is 18.2 Å². The van der Waals surface area contributed by atoms with Gasteiger partial charge in [-0.15, -0.1) is 0 Å². The second-order valence-corrected chi connectivity index (χ2v) is 5.53. The lowest BCUT2D eigenvalue weighted by Gasteiger charge is -2.19. The van der Waals surface area contributed by atoms with Crippen LogP contribution in [0, 0.1) is 0 Å². The maximum atomic E-state index is 11.6. The summed E-state index contributed by atoms with van der Waals surface area (Å²) in [7, 11) is 0. The van der Waals surface area contributed by atoms with E-state index in [1.54, 1.807) is 0 Å². The molecule has 116 valence electrons. The van der Waals surface area contributed by atoms with E-state index in [2.05, 4.69) is 16.0 Å². The number of urea groups is 1. The number of carbonyl (C=O) groups excluding carboxylic acids is 2. The molecule has 0 bridgehead atoms. The molecule has 1 aromatic rings. The SMILES string of the molecule is CC(C)(C)OC(=O)NCCCNC(=O)Nc1ccccc1. The number of ether oxygens (including phenoxy) is 1. The summed E-state index contributed by atoms with van der Waals surface area (Å²) in [5, 5.41) is 8.05. The molecule has 0 aliphatic heterocycles. The van der Waals surface area contributed by atoms with Gasteiger partial charge in [-0.2, -0.15) is 0 Å². The van der Waals surface area contributed by atoms with Crippen LogP contribution in [0.3, 0.4) is 0 Å². The van der Waals surface area contributed by atoms with E-state index in [4.69, 9.17) is 4.74 Å². The first kappa shape index (κ1) is 16.8. The Labute approximate surface area is 125 Å². The predicted octanol–water partition coefficient (Wildman–Crippen LogP) is 2.72. The Bertz CT molecular complexity index is 455. The summed E-state index contributed by atoms with van der Waals surface area (Å²) in [6.07, 6.45) is 0.179. The second kappa shape index (κ2) is 8.14. The van der Waals surface area contributed by atoms with Crippen molar-refractivity contribution < 1.29 is 14.3 Å². The summed E-state index contributed by atoms with van der Waals surface area (Å²) in [6, 6.07) is 8.93. The molecule has 0 radical (unpaired) electrons. The van der Waals surface area contributed by atoms with Crippen molar-refractivity contribution in [3.8, 4) is 0 Å². The van der Waals surface area contributed by atoms with Crippen LogP contribution in [0.15, 0.2) is 30.3 Å². The number of rotatable bonds is 5. The van der Waals surface area contributed by atoms with Gasteiger partial charge < -0.3 is 20.7 Å². The monoisotopic (exact) mass is 293 g/mol. The number of para-hydroxylation sites is 1. The molecule has 1 aromatic carbocycles. The second-order valence-electron chi connectivity index (χ2n) is 5.53. The van der Waals surface area contributed by atoms with E-state index in [1.165, 1.54) is 0 Å². The smallest absolute Gasteiger partial charge is 0.407 e. The summed E-state index contributed by atoms with van der Waals surface area (Å²) in [5.41, 5.74) is 0.236. The highest BCUT2D eigenvalue weighted by Crippen LogP contribution is 2.06. The first-order valence-electron chi connectivity index (χ1n) is 6.93. The number of carbonyl (C=O) groups is 2. The van der Waals surface area contributed by atoms with Crippen LogP contribution in [0.1, 0.15) is 27.2 Å². The van der Waals surface area contributed by atoms with Crippen LogP contribution in [0.4, 0.5) is 15.3 Å². The Kier molecular flexibility index (Phi) is 6.52. The van der Waals surface area contributed by atoms with Crippen LogP contribution in [0.5, 0.6) is 0 Å². The van der Waals surface area contributed by atoms with Gasteiger partial charge >= 0.3 is 12.1 Å². The van der Waals surface area contributed by atoms with Crippen LogP contribution >= 0.6 is 0 Å². The highest BCUT2D eigenvalue weighted by Gasteiger charge is 2.15. The van der Waals surface area contributed by atoms with Crippen LogP contribution in [0.25, 0.3) is 0 Å². The van der Waals surface area contributed by atoms with E-state index in [0.717, 1.165) is 5.69 Å². The number of hydrogen-bond donors (Lipinski definition) is 3. The topological polar surface area (TPSA) is 79.5 Å². The average molecular weight is 293 g/mol. The Hall–Kier alpha value is -2.24. The average Bonchev–Trinajstić information content (AvgIpc) is 2.37. The lowest BCUT2D eigenvalue weighted by molar-refractivity contribution is 0.0527. The van der Waals surface area contributed by atoms with Crippen molar-refractivity contribution in [1.29, 1.82) is 0 Å². The number of nitrogens with one attached hydrogen (secondary N) is 3. The Balaban J connectivity index is 2.09. The van der Waals surface area contributed by atoms with Crippen LogP contribution < -0.4 is 16.0 Å². The van der Waals surface area contributed by atoms with Gasteiger partial charge in [-0.3, -0.25) is 0 Å². The highest BCUT2D eigenvalue weighted by atomic mass is 16.6. The molecule has 3 N–H and O–H groups in total. The highest BCUT2D eigenvalue weighted by molar-refractivity contribution is 5.89. The Morgan fingerprint density at radius 2 is 1.67 bits per heavy atom. The molecule has 0 heterocycles. The quantitative estimate of drug-likeness (QED) is 0.730. The fourth-order valence-electron chi connectivity index (χ4n) is 1.49. The molecule has 3 amide bonds. The van der Waals surface area contributed by atoms with Crippen molar-refractivity contribution in [1.82, 2.24) is 10.6 Å². The molecule has 0 aliphatic rings. The number of benzene rings is 1. The van der Waals surface area contributed by atoms with Gasteiger partial charge in [-0.05, 0) is 39.3 Å². The standard InChI is InChI=1S/C15H23N3O3/c1-15(2,3)21-14(20)17-11-7-10-16-13(19)18-12-8-5-4-6-9-12/h4-6,8-9H,7,10-11H2,1-3H3,(H,17,20)(H2,16,18,19). The molecule has 0 unspecified atom stereocenters. The first-order valence-corrected chi connectivity index (χ1v) is 6.93. The molecule has 1 rings (SSSR count). The van der Waals surface area contributed by atoms with E-state index < -0.39 is 11.7 Å². The Morgan fingerprint density at radius 1 is 1.05 bits per heavy atom. The lowest BCUT2D eigenvalue weighted by Crippen LogP contribution is -2.35. The van der Waals surface area contributed by atoms with Gasteiger partial charge in [0.1, 0.15) is 5.60 Å². The third-order valence-corrected chi connectivity index (χ3v) is 2.34. The number of hydrogen-bond acceptors (Lipinski definition) is 3. The van der Waals surface area contributed by atoms with E-state index in [-0.39, 0.29) is 6.03 Å². The predicted molar refractivity (Wildman–Crippen MR) is 82.3 cm³/mol. The molecule has 21 heavy (non-hydrogen) atoms. The maximum absolute atomic E-state index is 11.6. The molecule has 0 aliphatic carbocycles. The molecule has 0 saturated carbocycles. The minimum absolute atomic E-state index is 0.265. The normalized spacial score (nSPS) is 10.6. The van der Waals surface area contributed by atoms with Gasteiger partial charge in [0.05, 0.1) is 0 Å². The summed E-state index contributed by atoms with van der Waals surface area (Å²) in [4.78, 5) is 22.9. The Morgan fingerprint density at radius 3 is 2.29 bits per heavy atom. The van der Waals surface area contributed by atoms with E-state index in [1.807, 2.05) is 51.1 Å². The molecule has 6 heteroatoms. The van der Waals surface area contributed by atoms with Gasteiger partial charge in [0, 0.05) is 18.8 Å². The van der Waals surface area contributed by atoms with Crippen molar-refractivity contribution >= 4 is 17.8 Å². The van der Waals surface area contributed by atoms with E-state index in [0.29, 0.717) is 19.5 Å². The summed E-state index contributed by atoms with van der Waals surface area (Å²) in [5.74, 6) is 0. The number of amides is 3. The van der Waals surface area contributed by atoms with Crippen molar-refractivity contribution in [2.24, 2.45) is 0 Å². The molecule has 0 saturated heterocycles.